The molecule has 2 fully saturated rings. The number of aromatic nitrogens is 2. The third-order valence-corrected chi connectivity index (χ3v) is 5.65. The maximum atomic E-state index is 12.9. The van der Waals surface area contributed by atoms with Crippen LogP contribution in [0.25, 0.3) is 0 Å². The fraction of sp³-hybridized carbons (Fsp3) is 0.632. The average Bonchev–Trinajstić information content (AvgIpc) is 3.13. The van der Waals surface area contributed by atoms with Crippen molar-refractivity contribution < 1.29 is 14.3 Å². The molecule has 3 rings (SSSR count). The molecule has 7 nitrogen and oxygen atoms in total. The van der Waals surface area contributed by atoms with Crippen LogP contribution >= 0.6 is 0 Å². The lowest BCUT2D eigenvalue weighted by Crippen LogP contribution is -2.43. The van der Waals surface area contributed by atoms with E-state index in [2.05, 4.69) is 16.6 Å². The summed E-state index contributed by atoms with van der Waals surface area (Å²) in [5, 5.41) is 4.10. The van der Waals surface area contributed by atoms with Gasteiger partial charge in [-0.3, -0.25) is 19.2 Å². The lowest BCUT2D eigenvalue weighted by Gasteiger charge is -2.31. The Morgan fingerprint density at radius 2 is 2.27 bits per heavy atom. The Bertz CT molecular complexity index is 686. The van der Waals surface area contributed by atoms with Crippen LogP contribution in [0, 0.1) is 11.3 Å². The molecule has 1 aromatic rings. The van der Waals surface area contributed by atoms with Gasteiger partial charge in [-0.15, -0.1) is 6.58 Å². The number of hydrogen-bond donors (Lipinski definition) is 0. The van der Waals surface area contributed by atoms with Crippen molar-refractivity contribution in [1.29, 1.82) is 0 Å². The molecule has 1 aromatic heterocycles. The van der Waals surface area contributed by atoms with E-state index in [9.17, 15) is 9.59 Å². The van der Waals surface area contributed by atoms with Crippen molar-refractivity contribution in [2.75, 3.05) is 39.3 Å². The third kappa shape index (κ3) is 3.28. The van der Waals surface area contributed by atoms with E-state index in [0.717, 1.165) is 25.9 Å². The van der Waals surface area contributed by atoms with Crippen molar-refractivity contribution in [3.63, 3.8) is 0 Å². The second-order valence-electron chi connectivity index (χ2n) is 7.25. The first-order valence-corrected chi connectivity index (χ1v) is 9.29. The summed E-state index contributed by atoms with van der Waals surface area (Å²) in [7, 11) is 1.77. The summed E-state index contributed by atoms with van der Waals surface area (Å²) >= 11 is 0. The van der Waals surface area contributed by atoms with Gasteiger partial charge in [0, 0.05) is 51.9 Å². The van der Waals surface area contributed by atoms with Crippen LogP contribution in [-0.2, 0) is 16.6 Å². The van der Waals surface area contributed by atoms with Gasteiger partial charge in [0.2, 0.25) is 0 Å². The van der Waals surface area contributed by atoms with Crippen molar-refractivity contribution in [2.45, 2.75) is 19.8 Å². The number of likely N-dealkylation sites (tertiary alicyclic amines) is 2. The first kappa shape index (κ1) is 18.6. The number of carbonyl (C=O) groups is 2. The number of carbonyl (C=O) groups excluding carboxylic acids is 2. The van der Waals surface area contributed by atoms with E-state index in [0.29, 0.717) is 31.9 Å². The number of amides is 1. The summed E-state index contributed by atoms with van der Waals surface area (Å²) in [6.07, 6.45) is 5.04. The van der Waals surface area contributed by atoms with Crippen LogP contribution in [0.4, 0.5) is 0 Å². The van der Waals surface area contributed by atoms with E-state index in [1.54, 1.807) is 24.0 Å². The SMILES string of the molecule is C=CCN1C[C@@H]2CN(C(=O)c3ccnn3C)CCC[C@]2(C(=O)OCC)C1. The molecule has 142 valence electrons. The van der Waals surface area contributed by atoms with Gasteiger partial charge in [0.1, 0.15) is 5.69 Å². The summed E-state index contributed by atoms with van der Waals surface area (Å²) in [6.45, 7) is 9.46. The number of ether oxygens (including phenoxy) is 1. The van der Waals surface area contributed by atoms with Gasteiger partial charge >= 0.3 is 5.97 Å². The second kappa shape index (κ2) is 7.61. The Balaban J connectivity index is 1.85. The maximum absolute atomic E-state index is 12.9. The molecule has 0 bridgehead atoms. The minimum atomic E-state index is -0.527. The molecule has 0 saturated carbocycles. The molecular formula is C19H28N4O3. The molecule has 2 aliphatic rings. The Labute approximate surface area is 154 Å². The van der Waals surface area contributed by atoms with Crippen molar-refractivity contribution in [2.24, 2.45) is 18.4 Å². The Kier molecular flexibility index (Phi) is 5.46. The largest absolute Gasteiger partial charge is 0.466 e. The molecule has 1 amide bonds. The van der Waals surface area contributed by atoms with Crippen LogP contribution in [-0.4, -0.2) is 70.8 Å². The van der Waals surface area contributed by atoms with Crippen LogP contribution < -0.4 is 0 Å². The monoisotopic (exact) mass is 360 g/mol. The zero-order valence-electron chi connectivity index (χ0n) is 15.7. The molecular weight excluding hydrogens is 332 g/mol. The van der Waals surface area contributed by atoms with Gasteiger partial charge in [0.05, 0.1) is 12.0 Å². The molecule has 0 aliphatic carbocycles. The zero-order chi connectivity index (χ0) is 18.7. The quantitative estimate of drug-likeness (QED) is 0.585. The molecule has 3 heterocycles. The summed E-state index contributed by atoms with van der Waals surface area (Å²) in [5.74, 6) is -0.0700. The number of rotatable bonds is 5. The molecule has 0 spiro atoms. The van der Waals surface area contributed by atoms with E-state index in [1.807, 2.05) is 17.9 Å². The standard InChI is InChI=1S/C19H28N4O3/c1-4-10-22-12-15-13-23(17(24)16-7-9-20-21(16)3)11-6-8-19(15,14-22)18(25)26-5-2/h4,7,9,15H,1,5-6,8,10-14H2,2-3H3/t15-,19+/m1/s1. The summed E-state index contributed by atoms with van der Waals surface area (Å²) in [5.41, 5.74) is 0.0510. The second-order valence-corrected chi connectivity index (χ2v) is 7.25. The summed E-state index contributed by atoms with van der Waals surface area (Å²) < 4.78 is 7.05. The number of aryl methyl sites for hydroxylation is 1. The normalized spacial score (nSPS) is 26.2. The van der Waals surface area contributed by atoms with Gasteiger partial charge in [-0.2, -0.15) is 5.10 Å². The van der Waals surface area contributed by atoms with Crippen LogP contribution in [0.15, 0.2) is 24.9 Å². The van der Waals surface area contributed by atoms with Crippen molar-refractivity contribution in [3.8, 4) is 0 Å². The summed E-state index contributed by atoms with van der Waals surface area (Å²) in [4.78, 5) is 29.9. The van der Waals surface area contributed by atoms with Gasteiger partial charge in [-0.1, -0.05) is 6.08 Å². The molecule has 0 radical (unpaired) electrons. The van der Waals surface area contributed by atoms with Gasteiger partial charge < -0.3 is 9.64 Å². The van der Waals surface area contributed by atoms with Crippen LogP contribution in [0.1, 0.15) is 30.3 Å². The molecule has 2 aliphatic heterocycles. The Morgan fingerprint density at radius 1 is 1.46 bits per heavy atom. The molecule has 2 atom stereocenters. The van der Waals surface area contributed by atoms with Crippen LogP contribution in [0.2, 0.25) is 0 Å². The molecule has 2 saturated heterocycles. The third-order valence-electron chi connectivity index (χ3n) is 5.65. The number of nitrogens with zero attached hydrogens (tertiary/aromatic N) is 4. The van der Waals surface area contributed by atoms with Crippen molar-refractivity contribution in [3.05, 3.63) is 30.6 Å². The van der Waals surface area contributed by atoms with E-state index in [4.69, 9.17) is 4.74 Å². The highest BCUT2D eigenvalue weighted by Crippen LogP contribution is 2.43. The lowest BCUT2D eigenvalue weighted by atomic mass is 9.75. The first-order chi connectivity index (χ1) is 12.5. The minimum Gasteiger partial charge on any atom is -0.466 e. The highest BCUT2D eigenvalue weighted by atomic mass is 16.5. The molecule has 7 heteroatoms. The van der Waals surface area contributed by atoms with Gasteiger partial charge in [0.25, 0.3) is 5.91 Å². The average molecular weight is 360 g/mol. The van der Waals surface area contributed by atoms with Crippen molar-refractivity contribution >= 4 is 11.9 Å². The molecule has 0 N–H and O–H groups in total. The summed E-state index contributed by atoms with van der Waals surface area (Å²) in [6, 6.07) is 1.74. The number of fused-ring (bicyclic) bond motifs is 1. The highest BCUT2D eigenvalue weighted by Gasteiger charge is 2.54. The zero-order valence-corrected chi connectivity index (χ0v) is 15.7. The van der Waals surface area contributed by atoms with Gasteiger partial charge in [-0.05, 0) is 25.8 Å². The highest BCUT2D eigenvalue weighted by molar-refractivity contribution is 5.92. The van der Waals surface area contributed by atoms with E-state index >= 15 is 0 Å². The van der Waals surface area contributed by atoms with E-state index < -0.39 is 5.41 Å². The minimum absolute atomic E-state index is 0.0215. The lowest BCUT2D eigenvalue weighted by molar-refractivity contribution is -0.157. The van der Waals surface area contributed by atoms with Crippen LogP contribution in [0.5, 0.6) is 0 Å². The van der Waals surface area contributed by atoms with Gasteiger partial charge in [-0.25, -0.2) is 0 Å². The Morgan fingerprint density at radius 3 is 2.92 bits per heavy atom. The molecule has 0 unspecified atom stereocenters. The van der Waals surface area contributed by atoms with Crippen LogP contribution in [0.3, 0.4) is 0 Å². The van der Waals surface area contributed by atoms with Crippen molar-refractivity contribution in [1.82, 2.24) is 19.6 Å². The number of esters is 1. The topological polar surface area (TPSA) is 67.7 Å². The Hall–Kier alpha value is -2.15. The predicted octanol–water partition coefficient (Wildman–Crippen LogP) is 1.32. The molecule has 26 heavy (non-hydrogen) atoms. The molecule has 0 aromatic carbocycles. The fourth-order valence-corrected chi connectivity index (χ4v) is 4.40. The maximum Gasteiger partial charge on any atom is 0.313 e. The fourth-order valence-electron chi connectivity index (χ4n) is 4.40. The van der Waals surface area contributed by atoms with E-state index in [-0.39, 0.29) is 17.8 Å². The first-order valence-electron chi connectivity index (χ1n) is 9.29. The van der Waals surface area contributed by atoms with E-state index in [1.165, 1.54) is 0 Å². The smallest absolute Gasteiger partial charge is 0.313 e. The predicted molar refractivity (Wildman–Crippen MR) is 97.5 cm³/mol. The number of hydrogen-bond acceptors (Lipinski definition) is 5. The van der Waals surface area contributed by atoms with Gasteiger partial charge in [0.15, 0.2) is 0 Å².